The van der Waals surface area contributed by atoms with Gasteiger partial charge in [-0.1, -0.05) is 36.5 Å². The highest BCUT2D eigenvalue weighted by molar-refractivity contribution is 6.30. The molecule has 0 radical (unpaired) electrons. The van der Waals surface area contributed by atoms with Gasteiger partial charge in [0.15, 0.2) is 5.82 Å². The minimum atomic E-state index is 0.467. The Morgan fingerprint density at radius 1 is 1.19 bits per heavy atom. The SMILES string of the molecule is CC1CCC(c2noc(CNc3ccc(Cl)cc3)n2)CC1. The maximum atomic E-state index is 5.86. The summed E-state index contributed by atoms with van der Waals surface area (Å²) in [4.78, 5) is 4.53. The molecule has 0 saturated heterocycles. The smallest absolute Gasteiger partial charge is 0.245 e. The van der Waals surface area contributed by atoms with Crippen LogP contribution in [0.3, 0.4) is 0 Å². The Hall–Kier alpha value is -1.55. The molecule has 1 aromatic heterocycles. The molecule has 0 bridgehead atoms. The number of hydrogen-bond acceptors (Lipinski definition) is 4. The molecule has 0 aliphatic heterocycles. The second kappa shape index (κ2) is 6.48. The quantitative estimate of drug-likeness (QED) is 0.895. The summed E-state index contributed by atoms with van der Waals surface area (Å²) in [5.41, 5.74) is 0.991. The van der Waals surface area contributed by atoms with E-state index in [1.165, 1.54) is 25.7 Å². The molecular weight excluding hydrogens is 286 g/mol. The van der Waals surface area contributed by atoms with Gasteiger partial charge >= 0.3 is 0 Å². The molecule has 4 nitrogen and oxygen atoms in total. The summed E-state index contributed by atoms with van der Waals surface area (Å²) in [6, 6.07) is 7.57. The third kappa shape index (κ3) is 3.76. The van der Waals surface area contributed by atoms with Gasteiger partial charge in [0.1, 0.15) is 0 Å². The summed E-state index contributed by atoms with van der Waals surface area (Å²) in [6.45, 7) is 2.85. The van der Waals surface area contributed by atoms with Gasteiger partial charge in [0.25, 0.3) is 0 Å². The average Bonchev–Trinajstić information content (AvgIpc) is 2.96. The summed E-state index contributed by atoms with van der Waals surface area (Å²) in [7, 11) is 0. The van der Waals surface area contributed by atoms with E-state index in [2.05, 4.69) is 22.4 Å². The number of benzene rings is 1. The number of nitrogens with zero attached hydrogens (tertiary/aromatic N) is 2. The van der Waals surface area contributed by atoms with Crippen LogP contribution in [-0.2, 0) is 6.54 Å². The van der Waals surface area contributed by atoms with Crippen LogP contribution >= 0.6 is 11.6 Å². The molecule has 3 rings (SSSR count). The van der Waals surface area contributed by atoms with Crippen LogP contribution in [0.15, 0.2) is 28.8 Å². The Kier molecular flexibility index (Phi) is 4.44. The predicted molar refractivity (Wildman–Crippen MR) is 83.4 cm³/mol. The van der Waals surface area contributed by atoms with Crippen LogP contribution in [0.4, 0.5) is 5.69 Å². The lowest BCUT2D eigenvalue weighted by Gasteiger charge is -2.23. The van der Waals surface area contributed by atoms with Gasteiger partial charge in [0.2, 0.25) is 5.89 Å². The first-order chi connectivity index (χ1) is 10.2. The molecule has 5 heteroatoms. The molecule has 0 atom stereocenters. The first-order valence-electron chi connectivity index (χ1n) is 7.52. The molecule has 0 unspecified atom stereocenters. The maximum Gasteiger partial charge on any atom is 0.245 e. The van der Waals surface area contributed by atoms with Crippen molar-refractivity contribution in [3.05, 3.63) is 41.0 Å². The van der Waals surface area contributed by atoms with Crippen LogP contribution in [0.2, 0.25) is 5.02 Å². The number of halogens is 1. The van der Waals surface area contributed by atoms with Gasteiger partial charge in [0, 0.05) is 16.6 Å². The maximum absolute atomic E-state index is 5.86. The minimum Gasteiger partial charge on any atom is -0.376 e. The molecule has 112 valence electrons. The van der Waals surface area contributed by atoms with Crippen LogP contribution in [0, 0.1) is 5.92 Å². The Morgan fingerprint density at radius 2 is 1.90 bits per heavy atom. The summed E-state index contributed by atoms with van der Waals surface area (Å²) in [5, 5.41) is 8.13. The summed E-state index contributed by atoms with van der Waals surface area (Å²) < 4.78 is 5.34. The largest absolute Gasteiger partial charge is 0.376 e. The molecule has 1 heterocycles. The molecule has 1 aliphatic rings. The van der Waals surface area contributed by atoms with E-state index in [1.807, 2.05) is 24.3 Å². The second-order valence-electron chi connectivity index (χ2n) is 5.86. The standard InChI is InChI=1S/C16H20ClN3O/c1-11-2-4-12(5-3-11)16-19-15(21-20-16)10-18-14-8-6-13(17)7-9-14/h6-9,11-12,18H,2-5,10H2,1H3. The second-order valence-corrected chi connectivity index (χ2v) is 6.30. The van der Waals surface area contributed by atoms with Crippen molar-refractivity contribution in [2.45, 2.75) is 45.1 Å². The minimum absolute atomic E-state index is 0.467. The van der Waals surface area contributed by atoms with Gasteiger partial charge in [-0.3, -0.25) is 0 Å². The zero-order valence-electron chi connectivity index (χ0n) is 12.2. The van der Waals surface area contributed by atoms with Crippen molar-refractivity contribution >= 4 is 17.3 Å². The first kappa shape index (κ1) is 14.4. The van der Waals surface area contributed by atoms with Crippen LogP contribution < -0.4 is 5.32 Å². The summed E-state index contributed by atoms with van der Waals surface area (Å²) in [6.07, 6.45) is 4.87. The van der Waals surface area contributed by atoms with E-state index < -0.39 is 0 Å². The Labute approximate surface area is 129 Å². The van der Waals surface area contributed by atoms with E-state index in [-0.39, 0.29) is 0 Å². The van der Waals surface area contributed by atoms with Gasteiger partial charge < -0.3 is 9.84 Å². The highest BCUT2D eigenvalue weighted by atomic mass is 35.5. The van der Waals surface area contributed by atoms with Crippen molar-refractivity contribution in [2.24, 2.45) is 5.92 Å². The topological polar surface area (TPSA) is 51.0 Å². The average molecular weight is 306 g/mol. The van der Waals surface area contributed by atoms with Crippen LogP contribution in [0.25, 0.3) is 0 Å². The highest BCUT2D eigenvalue weighted by Gasteiger charge is 2.23. The molecule has 21 heavy (non-hydrogen) atoms. The summed E-state index contributed by atoms with van der Waals surface area (Å²) >= 11 is 5.86. The number of rotatable bonds is 4. The van der Waals surface area contributed by atoms with Crippen LogP contribution in [0.1, 0.15) is 50.2 Å². The first-order valence-corrected chi connectivity index (χ1v) is 7.90. The lowest BCUT2D eigenvalue weighted by molar-refractivity contribution is 0.324. The molecule has 2 aromatic rings. The van der Waals surface area contributed by atoms with Crippen LogP contribution in [-0.4, -0.2) is 10.1 Å². The Bertz CT molecular complexity index is 573. The van der Waals surface area contributed by atoms with E-state index in [0.29, 0.717) is 18.4 Å². The lowest BCUT2D eigenvalue weighted by Crippen LogP contribution is -2.12. The lowest BCUT2D eigenvalue weighted by atomic mass is 9.83. The number of anilines is 1. The monoisotopic (exact) mass is 305 g/mol. The molecular formula is C16H20ClN3O. The fraction of sp³-hybridized carbons (Fsp3) is 0.500. The van der Waals surface area contributed by atoms with Crippen molar-refractivity contribution in [2.75, 3.05) is 5.32 Å². The molecule has 1 aliphatic carbocycles. The van der Waals surface area contributed by atoms with E-state index >= 15 is 0 Å². The summed E-state index contributed by atoms with van der Waals surface area (Å²) in [5.74, 6) is 2.81. The third-order valence-electron chi connectivity index (χ3n) is 4.15. The zero-order chi connectivity index (χ0) is 14.7. The molecule has 1 aromatic carbocycles. The molecule has 0 amide bonds. The van der Waals surface area contributed by atoms with Gasteiger partial charge in [0.05, 0.1) is 6.54 Å². The Morgan fingerprint density at radius 3 is 2.62 bits per heavy atom. The van der Waals surface area contributed by atoms with Crippen molar-refractivity contribution in [3.8, 4) is 0 Å². The van der Waals surface area contributed by atoms with Crippen molar-refractivity contribution < 1.29 is 4.52 Å². The molecule has 1 N–H and O–H groups in total. The zero-order valence-corrected chi connectivity index (χ0v) is 12.9. The molecule has 0 spiro atoms. The van der Waals surface area contributed by atoms with Crippen molar-refractivity contribution in [1.82, 2.24) is 10.1 Å². The van der Waals surface area contributed by atoms with Gasteiger partial charge in [-0.2, -0.15) is 4.98 Å². The number of nitrogens with one attached hydrogen (secondary N) is 1. The normalized spacial score (nSPS) is 22.2. The van der Waals surface area contributed by atoms with Gasteiger partial charge in [-0.15, -0.1) is 0 Å². The number of hydrogen-bond donors (Lipinski definition) is 1. The van der Waals surface area contributed by atoms with E-state index in [1.54, 1.807) is 0 Å². The Balaban J connectivity index is 1.56. The fourth-order valence-electron chi connectivity index (χ4n) is 2.77. The van der Waals surface area contributed by atoms with Crippen molar-refractivity contribution in [1.29, 1.82) is 0 Å². The number of aromatic nitrogens is 2. The van der Waals surface area contributed by atoms with Crippen molar-refractivity contribution in [3.63, 3.8) is 0 Å². The molecule has 1 saturated carbocycles. The fourth-order valence-corrected chi connectivity index (χ4v) is 2.90. The third-order valence-corrected chi connectivity index (χ3v) is 4.40. The van der Waals surface area contributed by atoms with Gasteiger partial charge in [-0.25, -0.2) is 0 Å². The predicted octanol–water partition coefficient (Wildman–Crippen LogP) is 4.63. The highest BCUT2D eigenvalue weighted by Crippen LogP contribution is 2.34. The van der Waals surface area contributed by atoms with E-state index in [9.17, 15) is 0 Å². The van der Waals surface area contributed by atoms with E-state index in [4.69, 9.17) is 16.1 Å². The van der Waals surface area contributed by atoms with Crippen LogP contribution in [0.5, 0.6) is 0 Å². The van der Waals surface area contributed by atoms with E-state index in [0.717, 1.165) is 22.5 Å². The molecule has 1 fully saturated rings. The van der Waals surface area contributed by atoms with Gasteiger partial charge in [-0.05, 0) is 43.0 Å².